The molecule has 140 valence electrons. The first kappa shape index (κ1) is 21.2. The lowest BCUT2D eigenvalue weighted by Crippen LogP contribution is -2.50. The van der Waals surface area contributed by atoms with Gasteiger partial charge >= 0.3 is 0 Å². The van der Waals surface area contributed by atoms with Crippen LogP contribution in [0.2, 0.25) is 0 Å². The fourth-order valence-corrected chi connectivity index (χ4v) is 2.13. The van der Waals surface area contributed by atoms with Crippen molar-refractivity contribution < 1.29 is 14.3 Å². The maximum atomic E-state index is 12.0. The normalized spacial score (nSPS) is 12.2. The number of hydrogen-bond donors (Lipinski definition) is 3. The first-order valence-corrected chi connectivity index (χ1v) is 8.74. The summed E-state index contributed by atoms with van der Waals surface area (Å²) in [6, 6.07) is 7.77. The van der Waals surface area contributed by atoms with Gasteiger partial charge < -0.3 is 14.8 Å². The molecule has 0 aliphatic rings. The van der Waals surface area contributed by atoms with Crippen LogP contribution in [0.15, 0.2) is 24.3 Å². The molecule has 1 aromatic rings. The van der Waals surface area contributed by atoms with Crippen LogP contribution in [-0.4, -0.2) is 37.4 Å². The molecule has 1 aromatic carbocycles. The summed E-state index contributed by atoms with van der Waals surface area (Å²) < 4.78 is 10.6. The van der Waals surface area contributed by atoms with Crippen molar-refractivity contribution in [1.82, 2.24) is 16.2 Å². The molecule has 0 spiro atoms. The Hall–Kier alpha value is -1.86. The van der Waals surface area contributed by atoms with Crippen LogP contribution < -0.4 is 20.9 Å². The van der Waals surface area contributed by atoms with E-state index in [-0.39, 0.29) is 11.3 Å². The second-order valence-electron chi connectivity index (χ2n) is 6.75. The van der Waals surface area contributed by atoms with E-state index in [1.54, 1.807) is 14.0 Å². The van der Waals surface area contributed by atoms with Crippen LogP contribution in [0.1, 0.15) is 39.7 Å². The average Bonchev–Trinajstić information content (AvgIpc) is 2.56. The third kappa shape index (κ3) is 8.18. The van der Waals surface area contributed by atoms with Gasteiger partial charge in [0.2, 0.25) is 0 Å². The van der Waals surface area contributed by atoms with Crippen LogP contribution in [0.25, 0.3) is 0 Å². The van der Waals surface area contributed by atoms with Gasteiger partial charge in [-0.1, -0.05) is 32.9 Å². The van der Waals surface area contributed by atoms with Crippen LogP contribution in [0.4, 0.5) is 0 Å². The molecule has 0 heterocycles. The Morgan fingerprint density at radius 2 is 1.84 bits per heavy atom. The van der Waals surface area contributed by atoms with Gasteiger partial charge in [-0.25, -0.2) is 0 Å². The summed E-state index contributed by atoms with van der Waals surface area (Å²) in [4.78, 5) is 12.0. The summed E-state index contributed by atoms with van der Waals surface area (Å²) in [5.41, 5.74) is 6.48. The van der Waals surface area contributed by atoms with E-state index in [4.69, 9.17) is 21.7 Å². The second-order valence-corrected chi connectivity index (χ2v) is 7.16. The first-order chi connectivity index (χ1) is 11.7. The lowest BCUT2D eigenvalue weighted by Gasteiger charge is -2.20. The number of thiocarbonyl (C=S) groups is 1. The van der Waals surface area contributed by atoms with Crippen molar-refractivity contribution in [3.63, 3.8) is 0 Å². The summed E-state index contributed by atoms with van der Waals surface area (Å²) in [5, 5.41) is 3.32. The molecule has 25 heavy (non-hydrogen) atoms. The van der Waals surface area contributed by atoms with Gasteiger partial charge in [0.05, 0.1) is 0 Å². The van der Waals surface area contributed by atoms with E-state index in [1.165, 1.54) is 5.56 Å². The summed E-state index contributed by atoms with van der Waals surface area (Å²) in [7, 11) is 1.65. The lowest BCUT2D eigenvalue weighted by molar-refractivity contribution is -0.127. The molecule has 1 atom stereocenters. The molecule has 1 unspecified atom stereocenters. The molecule has 6 nitrogen and oxygen atoms in total. The molecular formula is C18H29N3O3S. The number of benzene rings is 1. The van der Waals surface area contributed by atoms with Crippen LogP contribution in [0, 0.1) is 0 Å². The smallest absolute Gasteiger partial charge is 0.279 e. The quantitative estimate of drug-likeness (QED) is 0.390. The number of rotatable bonds is 7. The van der Waals surface area contributed by atoms with Gasteiger partial charge in [0, 0.05) is 20.3 Å². The fourth-order valence-electron chi connectivity index (χ4n) is 1.97. The largest absolute Gasteiger partial charge is 0.481 e. The minimum atomic E-state index is -0.649. The molecule has 1 amide bonds. The number of nitrogens with one attached hydrogen (secondary N) is 3. The van der Waals surface area contributed by atoms with E-state index >= 15 is 0 Å². The predicted molar refractivity (Wildman–Crippen MR) is 104 cm³/mol. The maximum absolute atomic E-state index is 12.0. The Balaban J connectivity index is 2.37. The van der Waals surface area contributed by atoms with Crippen molar-refractivity contribution in [2.75, 3.05) is 20.3 Å². The molecular weight excluding hydrogens is 338 g/mol. The Bertz CT molecular complexity index is 556. The number of hydrogen-bond acceptors (Lipinski definition) is 4. The third-order valence-electron chi connectivity index (χ3n) is 3.51. The number of hydrazine groups is 1. The van der Waals surface area contributed by atoms with Crippen molar-refractivity contribution in [2.24, 2.45) is 0 Å². The SMILES string of the molecule is COCCCNC(=S)NNC(=O)C(C)Oc1ccc(C(C)(C)C)cc1. The summed E-state index contributed by atoms with van der Waals surface area (Å²) in [6.07, 6.45) is 0.181. The molecule has 0 bridgehead atoms. The molecule has 0 radical (unpaired) electrons. The van der Waals surface area contributed by atoms with Crippen molar-refractivity contribution in [3.8, 4) is 5.75 Å². The van der Waals surface area contributed by atoms with Crippen molar-refractivity contribution >= 4 is 23.2 Å². The Morgan fingerprint density at radius 3 is 2.40 bits per heavy atom. The van der Waals surface area contributed by atoms with E-state index in [0.717, 1.165) is 6.42 Å². The highest BCUT2D eigenvalue weighted by molar-refractivity contribution is 7.80. The van der Waals surface area contributed by atoms with Crippen LogP contribution in [-0.2, 0) is 14.9 Å². The number of carbonyl (C=O) groups excluding carboxylic acids is 1. The van der Waals surface area contributed by atoms with E-state index in [2.05, 4.69) is 36.9 Å². The zero-order chi connectivity index (χ0) is 18.9. The average molecular weight is 368 g/mol. The van der Waals surface area contributed by atoms with E-state index < -0.39 is 6.10 Å². The molecule has 0 aromatic heterocycles. The molecule has 3 N–H and O–H groups in total. The molecule has 0 aliphatic heterocycles. The summed E-state index contributed by atoms with van der Waals surface area (Å²) in [6.45, 7) is 9.46. The molecule has 0 fully saturated rings. The highest BCUT2D eigenvalue weighted by atomic mass is 32.1. The van der Waals surface area contributed by atoms with Gasteiger partial charge in [-0.2, -0.15) is 0 Å². The van der Waals surface area contributed by atoms with Gasteiger partial charge in [0.15, 0.2) is 11.2 Å². The van der Waals surface area contributed by atoms with Crippen LogP contribution >= 0.6 is 12.2 Å². The Morgan fingerprint density at radius 1 is 1.20 bits per heavy atom. The van der Waals surface area contributed by atoms with Gasteiger partial charge in [-0.15, -0.1) is 0 Å². The second kappa shape index (κ2) is 10.2. The Labute approximate surface area is 155 Å². The minimum absolute atomic E-state index is 0.0807. The standard InChI is InChI=1S/C18H29N3O3S/c1-13(16(22)20-21-17(25)19-11-6-12-23-5)24-15-9-7-14(8-10-15)18(2,3)4/h7-10,13H,6,11-12H2,1-5H3,(H,20,22)(H2,19,21,25). The highest BCUT2D eigenvalue weighted by Gasteiger charge is 2.16. The van der Waals surface area contributed by atoms with Gasteiger partial charge in [-0.3, -0.25) is 15.6 Å². The zero-order valence-corrected chi connectivity index (χ0v) is 16.5. The number of carbonyl (C=O) groups is 1. The number of methoxy groups -OCH3 is 1. The monoisotopic (exact) mass is 367 g/mol. The van der Waals surface area contributed by atoms with Crippen LogP contribution in [0.5, 0.6) is 5.75 Å². The van der Waals surface area contributed by atoms with Crippen molar-refractivity contribution in [1.29, 1.82) is 0 Å². The molecule has 0 aliphatic carbocycles. The van der Waals surface area contributed by atoms with Gasteiger partial charge in [0.1, 0.15) is 5.75 Å². The third-order valence-corrected chi connectivity index (χ3v) is 3.76. The van der Waals surface area contributed by atoms with E-state index in [9.17, 15) is 4.79 Å². The lowest BCUT2D eigenvalue weighted by atomic mass is 9.87. The fraction of sp³-hybridized carbons (Fsp3) is 0.556. The topological polar surface area (TPSA) is 71.6 Å². The Kier molecular flexibility index (Phi) is 8.65. The molecule has 7 heteroatoms. The molecule has 0 saturated carbocycles. The molecule has 1 rings (SSSR count). The van der Waals surface area contributed by atoms with E-state index in [0.29, 0.717) is 24.0 Å². The summed E-state index contributed by atoms with van der Waals surface area (Å²) >= 11 is 5.07. The maximum Gasteiger partial charge on any atom is 0.279 e. The van der Waals surface area contributed by atoms with Gasteiger partial charge in [-0.05, 0) is 48.7 Å². The number of ether oxygens (including phenoxy) is 2. The number of amides is 1. The minimum Gasteiger partial charge on any atom is -0.481 e. The van der Waals surface area contributed by atoms with E-state index in [1.807, 2.05) is 24.3 Å². The first-order valence-electron chi connectivity index (χ1n) is 8.34. The van der Waals surface area contributed by atoms with Gasteiger partial charge in [0.25, 0.3) is 5.91 Å². The summed E-state index contributed by atoms with van der Waals surface area (Å²) in [5.74, 6) is 0.344. The zero-order valence-electron chi connectivity index (χ0n) is 15.6. The van der Waals surface area contributed by atoms with Crippen LogP contribution in [0.3, 0.4) is 0 Å². The predicted octanol–water partition coefficient (Wildman–Crippen LogP) is 2.28. The van der Waals surface area contributed by atoms with Crippen molar-refractivity contribution in [3.05, 3.63) is 29.8 Å². The highest BCUT2D eigenvalue weighted by Crippen LogP contribution is 2.24. The molecule has 0 saturated heterocycles. The van der Waals surface area contributed by atoms with Crippen molar-refractivity contribution in [2.45, 2.75) is 45.6 Å².